The van der Waals surface area contributed by atoms with Gasteiger partial charge in [-0.3, -0.25) is 9.59 Å². The highest BCUT2D eigenvalue weighted by Crippen LogP contribution is 2.10. The second-order valence-electron chi connectivity index (χ2n) is 4.21. The number of hydrogen-bond donors (Lipinski definition) is 2. The van der Waals surface area contributed by atoms with Crippen LogP contribution in [0.4, 0.5) is 0 Å². The average Bonchev–Trinajstić information content (AvgIpc) is 2.28. The fourth-order valence-electron chi connectivity index (χ4n) is 1.42. The Morgan fingerprint density at radius 3 is 2.56 bits per heavy atom. The van der Waals surface area contributed by atoms with Gasteiger partial charge in [0.1, 0.15) is 0 Å². The molecule has 0 bridgehead atoms. The summed E-state index contributed by atoms with van der Waals surface area (Å²) in [6.45, 7) is 4.16. The quantitative estimate of drug-likeness (QED) is 0.789. The van der Waals surface area contributed by atoms with Gasteiger partial charge < -0.3 is 10.6 Å². The molecular weight excluding hydrogens is 343 g/mol. The number of carbonyl (C=O) groups excluding carboxylic acids is 2. The Hall–Kier alpha value is -1.11. The lowest BCUT2D eigenvalue weighted by Gasteiger charge is -2.09. The number of amides is 2. The molecule has 0 saturated carbocycles. The molecule has 0 aliphatic heterocycles. The van der Waals surface area contributed by atoms with Crippen molar-refractivity contribution in [2.75, 3.05) is 6.54 Å². The number of rotatable bonds is 5. The van der Waals surface area contributed by atoms with E-state index in [9.17, 15) is 9.59 Å². The summed E-state index contributed by atoms with van der Waals surface area (Å²) in [5.41, 5.74) is 0.641. The molecule has 0 aromatic heterocycles. The van der Waals surface area contributed by atoms with E-state index in [0.717, 1.165) is 3.57 Å². The molecule has 0 spiro atoms. The first-order chi connectivity index (χ1) is 8.50. The Bertz CT molecular complexity index is 433. The van der Waals surface area contributed by atoms with Crippen molar-refractivity contribution in [3.63, 3.8) is 0 Å². The van der Waals surface area contributed by atoms with Gasteiger partial charge in [0.15, 0.2) is 0 Å². The molecule has 0 aliphatic carbocycles. The lowest BCUT2D eigenvalue weighted by Crippen LogP contribution is -2.34. The monoisotopic (exact) mass is 360 g/mol. The molecule has 18 heavy (non-hydrogen) atoms. The first-order valence-corrected chi connectivity index (χ1v) is 6.90. The van der Waals surface area contributed by atoms with Crippen LogP contribution in [-0.2, 0) is 4.79 Å². The van der Waals surface area contributed by atoms with Gasteiger partial charge in [-0.05, 0) is 48.6 Å². The van der Waals surface area contributed by atoms with Gasteiger partial charge in [-0.15, -0.1) is 0 Å². The molecule has 0 heterocycles. The van der Waals surface area contributed by atoms with E-state index in [-0.39, 0.29) is 17.9 Å². The van der Waals surface area contributed by atoms with Crippen molar-refractivity contribution < 1.29 is 9.59 Å². The second kappa shape index (κ2) is 7.35. The van der Waals surface area contributed by atoms with Crippen LogP contribution in [0.5, 0.6) is 0 Å². The third-order valence-electron chi connectivity index (χ3n) is 2.21. The van der Waals surface area contributed by atoms with Crippen LogP contribution in [0.1, 0.15) is 30.6 Å². The maximum atomic E-state index is 11.8. The van der Waals surface area contributed by atoms with Crippen LogP contribution >= 0.6 is 22.6 Å². The van der Waals surface area contributed by atoms with Crippen LogP contribution in [0, 0.1) is 3.57 Å². The molecule has 1 aromatic rings. The molecule has 5 heteroatoms. The van der Waals surface area contributed by atoms with Gasteiger partial charge in [0.2, 0.25) is 5.91 Å². The van der Waals surface area contributed by atoms with Crippen LogP contribution < -0.4 is 10.6 Å². The molecule has 0 atom stereocenters. The molecule has 0 unspecified atom stereocenters. The van der Waals surface area contributed by atoms with Crippen molar-refractivity contribution in [2.24, 2.45) is 0 Å². The van der Waals surface area contributed by atoms with Crippen molar-refractivity contribution in [3.8, 4) is 0 Å². The van der Waals surface area contributed by atoms with E-state index in [1.54, 1.807) is 6.07 Å². The normalized spacial score (nSPS) is 10.2. The van der Waals surface area contributed by atoms with Gasteiger partial charge >= 0.3 is 0 Å². The van der Waals surface area contributed by atoms with E-state index in [2.05, 4.69) is 33.2 Å². The van der Waals surface area contributed by atoms with E-state index in [0.29, 0.717) is 18.5 Å². The van der Waals surface area contributed by atoms with Crippen LogP contribution in [0.3, 0.4) is 0 Å². The smallest absolute Gasteiger partial charge is 0.252 e. The van der Waals surface area contributed by atoms with Gasteiger partial charge in [0.05, 0.1) is 5.56 Å². The molecule has 0 radical (unpaired) electrons. The Kier molecular flexibility index (Phi) is 6.11. The molecule has 2 N–H and O–H groups in total. The minimum absolute atomic E-state index is 0.0481. The van der Waals surface area contributed by atoms with Crippen LogP contribution in [0.2, 0.25) is 0 Å². The first-order valence-electron chi connectivity index (χ1n) is 5.83. The van der Waals surface area contributed by atoms with Gasteiger partial charge in [0.25, 0.3) is 5.91 Å². The Morgan fingerprint density at radius 2 is 1.94 bits per heavy atom. The third kappa shape index (κ3) is 5.03. The van der Waals surface area contributed by atoms with Crippen LogP contribution in [0.15, 0.2) is 24.3 Å². The fraction of sp³-hybridized carbons (Fsp3) is 0.385. The second-order valence-corrected chi connectivity index (χ2v) is 5.37. The van der Waals surface area contributed by atoms with Gasteiger partial charge in [-0.2, -0.15) is 0 Å². The molecule has 1 aromatic carbocycles. The fourth-order valence-corrected chi connectivity index (χ4v) is 2.06. The minimum atomic E-state index is -0.141. The number of hydrogen-bond acceptors (Lipinski definition) is 2. The SMILES string of the molecule is CC(C)NC(=O)CCNC(=O)c1ccccc1I. The summed E-state index contributed by atoms with van der Waals surface area (Å²) in [7, 11) is 0. The third-order valence-corrected chi connectivity index (χ3v) is 3.15. The molecule has 1 rings (SSSR count). The van der Waals surface area contributed by atoms with Gasteiger partial charge in [0, 0.05) is 22.6 Å². The maximum Gasteiger partial charge on any atom is 0.252 e. The minimum Gasteiger partial charge on any atom is -0.354 e. The predicted octanol–water partition coefficient (Wildman–Crippen LogP) is 1.94. The van der Waals surface area contributed by atoms with Gasteiger partial charge in [-0.1, -0.05) is 12.1 Å². The van der Waals surface area contributed by atoms with Crippen molar-refractivity contribution >= 4 is 34.4 Å². The Balaban J connectivity index is 2.39. The summed E-state index contributed by atoms with van der Waals surface area (Å²) in [5, 5.41) is 5.52. The molecule has 0 fully saturated rings. The number of benzene rings is 1. The number of halogens is 1. The van der Waals surface area contributed by atoms with E-state index >= 15 is 0 Å². The topological polar surface area (TPSA) is 58.2 Å². The average molecular weight is 360 g/mol. The number of nitrogens with one attached hydrogen (secondary N) is 2. The lowest BCUT2D eigenvalue weighted by atomic mass is 10.2. The maximum absolute atomic E-state index is 11.8. The summed E-state index contributed by atoms with van der Waals surface area (Å²) >= 11 is 2.12. The summed E-state index contributed by atoms with van der Waals surface area (Å²) in [4.78, 5) is 23.2. The summed E-state index contributed by atoms with van der Waals surface area (Å²) in [5.74, 6) is -0.189. The first kappa shape index (κ1) is 14.9. The molecule has 0 aliphatic rings. The van der Waals surface area contributed by atoms with E-state index in [1.807, 2.05) is 32.0 Å². The molecule has 98 valence electrons. The zero-order valence-corrected chi connectivity index (χ0v) is 12.7. The van der Waals surface area contributed by atoms with E-state index in [1.165, 1.54) is 0 Å². The molecular formula is C13H17IN2O2. The highest BCUT2D eigenvalue weighted by atomic mass is 127. The van der Waals surface area contributed by atoms with E-state index < -0.39 is 0 Å². The van der Waals surface area contributed by atoms with Crippen molar-refractivity contribution in [3.05, 3.63) is 33.4 Å². The van der Waals surface area contributed by atoms with Crippen LogP contribution in [-0.4, -0.2) is 24.4 Å². The Morgan fingerprint density at radius 1 is 1.28 bits per heavy atom. The summed E-state index contributed by atoms with van der Waals surface area (Å²) in [6.07, 6.45) is 0.299. The summed E-state index contributed by atoms with van der Waals surface area (Å²) in [6, 6.07) is 7.48. The van der Waals surface area contributed by atoms with Crippen LogP contribution in [0.25, 0.3) is 0 Å². The zero-order valence-electron chi connectivity index (χ0n) is 10.5. The Labute approximate surface area is 121 Å². The van der Waals surface area contributed by atoms with Crippen molar-refractivity contribution in [1.29, 1.82) is 0 Å². The zero-order chi connectivity index (χ0) is 13.5. The van der Waals surface area contributed by atoms with Crippen molar-refractivity contribution in [1.82, 2.24) is 10.6 Å². The van der Waals surface area contributed by atoms with Gasteiger partial charge in [-0.25, -0.2) is 0 Å². The molecule has 2 amide bonds. The summed E-state index contributed by atoms with van der Waals surface area (Å²) < 4.78 is 0.902. The molecule has 0 saturated heterocycles. The largest absolute Gasteiger partial charge is 0.354 e. The lowest BCUT2D eigenvalue weighted by molar-refractivity contribution is -0.121. The highest BCUT2D eigenvalue weighted by molar-refractivity contribution is 14.1. The predicted molar refractivity (Wildman–Crippen MR) is 79.4 cm³/mol. The highest BCUT2D eigenvalue weighted by Gasteiger charge is 2.09. The standard InChI is InChI=1S/C13H17IN2O2/c1-9(2)16-12(17)7-8-15-13(18)10-5-3-4-6-11(10)14/h3-6,9H,7-8H2,1-2H3,(H,15,18)(H,16,17). The molecule has 4 nitrogen and oxygen atoms in total. The van der Waals surface area contributed by atoms with E-state index in [4.69, 9.17) is 0 Å². The number of carbonyl (C=O) groups is 2. The van der Waals surface area contributed by atoms with Crippen molar-refractivity contribution in [2.45, 2.75) is 26.3 Å².